The normalized spacial score (nSPS) is 17.9. The maximum Gasteiger partial charge on any atom is 0.137 e. The summed E-state index contributed by atoms with van der Waals surface area (Å²) in [6, 6.07) is 9.57. The Morgan fingerprint density at radius 3 is 2.52 bits per heavy atom. The van der Waals surface area contributed by atoms with E-state index in [9.17, 15) is 9.50 Å². The van der Waals surface area contributed by atoms with Crippen molar-refractivity contribution in [2.24, 2.45) is 0 Å². The van der Waals surface area contributed by atoms with Crippen LogP contribution in [0.15, 0.2) is 55.2 Å². The first-order valence-electron chi connectivity index (χ1n) is 7.96. The molecule has 1 fully saturated rings. The average molecular weight is 359 g/mol. The third-order valence-electron chi connectivity index (χ3n) is 5.00. The fraction of sp³-hybridized carbons (Fsp3) is 0.278. The van der Waals surface area contributed by atoms with Crippen LogP contribution < -0.4 is 0 Å². The third kappa shape index (κ3) is 2.71. The van der Waals surface area contributed by atoms with Crippen LogP contribution in [0.3, 0.4) is 0 Å². The van der Waals surface area contributed by atoms with Crippen molar-refractivity contribution in [3.63, 3.8) is 0 Å². The van der Waals surface area contributed by atoms with Gasteiger partial charge in [-0.3, -0.25) is 0 Å². The van der Waals surface area contributed by atoms with Crippen LogP contribution in [0, 0.1) is 5.82 Å². The molecule has 3 aromatic rings. The molecule has 1 aromatic carbocycles. The Morgan fingerprint density at radius 2 is 1.96 bits per heavy atom. The van der Waals surface area contributed by atoms with Gasteiger partial charge in [-0.15, -0.1) is 0 Å². The Balaban J connectivity index is 1.82. The number of aliphatic hydroxyl groups is 1. The van der Waals surface area contributed by atoms with E-state index < -0.39 is 11.0 Å². The van der Waals surface area contributed by atoms with Crippen molar-refractivity contribution in [2.45, 2.75) is 30.4 Å². The van der Waals surface area contributed by atoms with E-state index in [0.717, 1.165) is 18.4 Å². The predicted octanol–water partition coefficient (Wildman–Crippen LogP) is 3.09. The van der Waals surface area contributed by atoms with Crippen LogP contribution in [0.4, 0.5) is 4.39 Å². The van der Waals surface area contributed by atoms with Gasteiger partial charge in [0.25, 0.3) is 0 Å². The maximum absolute atomic E-state index is 13.4. The highest BCUT2D eigenvalue weighted by molar-refractivity contribution is 6.29. The Hall–Kier alpha value is -2.31. The molecule has 0 amide bonds. The molecule has 4 rings (SSSR count). The summed E-state index contributed by atoms with van der Waals surface area (Å²) in [5.41, 5.74) is -0.251. The average Bonchev–Trinajstić information content (AvgIpc) is 3.28. The predicted molar refractivity (Wildman–Crippen MR) is 90.5 cm³/mol. The van der Waals surface area contributed by atoms with Gasteiger partial charge >= 0.3 is 0 Å². The zero-order chi connectivity index (χ0) is 17.5. The van der Waals surface area contributed by atoms with Crippen LogP contribution in [0.1, 0.15) is 24.0 Å². The standard InChI is InChI=1S/C18H16ClFN4O/c19-16-6-3-14(9-22-16)17(7-8-17)18(25,10-24-12-21-11-23-24)13-1-4-15(20)5-2-13/h1-6,9,11-12,25H,7-8,10H2. The van der Waals surface area contributed by atoms with E-state index in [-0.39, 0.29) is 12.4 Å². The Morgan fingerprint density at radius 1 is 1.20 bits per heavy atom. The van der Waals surface area contributed by atoms with Crippen molar-refractivity contribution in [3.05, 3.63) is 77.3 Å². The van der Waals surface area contributed by atoms with Crippen LogP contribution in [-0.4, -0.2) is 24.9 Å². The quantitative estimate of drug-likeness (QED) is 0.712. The van der Waals surface area contributed by atoms with E-state index in [1.165, 1.54) is 18.5 Å². The molecule has 1 unspecified atom stereocenters. The molecule has 1 N–H and O–H groups in total. The van der Waals surface area contributed by atoms with E-state index in [2.05, 4.69) is 15.1 Å². The number of rotatable bonds is 5. The van der Waals surface area contributed by atoms with Crippen molar-refractivity contribution in [3.8, 4) is 0 Å². The van der Waals surface area contributed by atoms with Crippen LogP contribution in [-0.2, 0) is 17.6 Å². The molecule has 0 radical (unpaired) electrons. The molecular formula is C18H16ClFN4O. The molecule has 0 bridgehead atoms. The first kappa shape index (κ1) is 16.2. The second-order valence-corrected chi connectivity index (χ2v) is 6.80. The minimum atomic E-state index is -1.27. The van der Waals surface area contributed by atoms with Crippen molar-refractivity contribution in [1.82, 2.24) is 19.7 Å². The lowest BCUT2D eigenvalue weighted by Gasteiger charge is -2.37. The van der Waals surface area contributed by atoms with E-state index in [0.29, 0.717) is 10.7 Å². The molecule has 1 aliphatic carbocycles. The van der Waals surface area contributed by atoms with Gasteiger partial charge in [-0.1, -0.05) is 29.8 Å². The van der Waals surface area contributed by atoms with Gasteiger partial charge in [0, 0.05) is 11.6 Å². The van der Waals surface area contributed by atoms with Crippen molar-refractivity contribution >= 4 is 11.6 Å². The lowest BCUT2D eigenvalue weighted by molar-refractivity contribution is -0.0248. The molecule has 2 aromatic heterocycles. The van der Waals surface area contributed by atoms with Crippen molar-refractivity contribution < 1.29 is 9.50 Å². The summed E-state index contributed by atoms with van der Waals surface area (Å²) in [7, 11) is 0. The Labute approximate surface area is 149 Å². The SMILES string of the molecule is OC(Cn1cncn1)(c1ccc(F)cc1)C1(c2ccc(Cl)nc2)CC1. The molecule has 2 heterocycles. The number of pyridine rings is 1. The minimum Gasteiger partial charge on any atom is -0.382 e. The molecule has 0 spiro atoms. The van der Waals surface area contributed by atoms with Gasteiger partial charge < -0.3 is 5.11 Å². The van der Waals surface area contributed by atoms with Gasteiger partial charge in [0.2, 0.25) is 0 Å². The molecule has 7 heteroatoms. The summed E-state index contributed by atoms with van der Waals surface area (Å²) in [6.45, 7) is 0.210. The van der Waals surface area contributed by atoms with Gasteiger partial charge in [0.05, 0.1) is 6.54 Å². The van der Waals surface area contributed by atoms with Crippen molar-refractivity contribution in [1.29, 1.82) is 0 Å². The third-order valence-corrected chi connectivity index (χ3v) is 5.22. The number of hydrogen-bond acceptors (Lipinski definition) is 4. The summed E-state index contributed by atoms with van der Waals surface area (Å²) >= 11 is 5.91. The number of hydrogen-bond donors (Lipinski definition) is 1. The highest BCUT2D eigenvalue weighted by Crippen LogP contribution is 2.60. The topological polar surface area (TPSA) is 63.8 Å². The second kappa shape index (κ2) is 5.89. The summed E-state index contributed by atoms with van der Waals surface area (Å²) in [5, 5.41) is 16.3. The maximum atomic E-state index is 13.4. The monoisotopic (exact) mass is 358 g/mol. The van der Waals surface area contributed by atoms with Gasteiger partial charge in [0.1, 0.15) is 29.2 Å². The van der Waals surface area contributed by atoms with E-state index in [1.54, 1.807) is 35.4 Å². The molecule has 128 valence electrons. The Bertz CT molecular complexity index is 863. The lowest BCUT2D eigenvalue weighted by atomic mass is 9.74. The largest absolute Gasteiger partial charge is 0.382 e. The van der Waals surface area contributed by atoms with Crippen molar-refractivity contribution in [2.75, 3.05) is 0 Å². The zero-order valence-corrected chi connectivity index (χ0v) is 14.1. The summed E-state index contributed by atoms with van der Waals surface area (Å²) in [6.07, 6.45) is 6.27. The molecule has 1 saturated carbocycles. The van der Waals surface area contributed by atoms with E-state index in [1.807, 2.05) is 6.07 Å². The highest BCUT2D eigenvalue weighted by atomic mass is 35.5. The number of aromatic nitrogens is 4. The molecular weight excluding hydrogens is 343 g/mol. The molecule has 5 nitrogen and oxygen atoms in total. The molecule has 0 saturated heterocycles. The lowest BCUT2D eigenvalue weighted by Crippen LogP contribution is -2.44. The first-order chi connectivity index (χ1) is 12.0. The molecule has 0 aliphatic heterocycles. The van der Waals surface area contributed by atoms with E-state index in [4.69, 9.17) is 11.6 Å². The fourth-order valence-corrected chi connectivity index (χ4v) is 3.63. The summed E-state index contributed by atoms with van der Waals surface area (Å²) in [4.78, 5) is 8.12. The van der Waals surface area contributed by atoms with Crippen LogP contribution >= 0.6 is 11.6 Å². The number of nitrogens with zero attached hydrogens (tertiary/aromatic N) is 4. The highest BCUT2D eigenvalue weighted by Gasteiger charge is 2.61. The van der Waals surface area contributed by atoms with Crippen LogP contribution in [0.5, 0.6) is 0 Å². The second-order valence-electron chi connectivity index (χ2n) is 6.41. The van der Waals surface area contributed by atoms with Gasteiger partial charge in [-0.2, -0.15) is 5.10 Å². The molecule has 1 aliphatic rings. The Kier molecular flexibility index (Phi) is 3.81. The fourth-order valence-electron chi connectivity index (χ4n) is 3.52. The first-order valence-corrected chi connectivity index (χ1v) is 8.34. The smallest absolute Gasteiger partial charge is 0.137 e. The van der Waals surface area contributed by atoms with Gasteiger partial charge in [-0.25, -0.2) is 19.0 Å². The van der Waals surface area contributed by atoms with Gasteiger partial charge in [0.15, 0.2) is 0 Å². The van der Waals surface area contributed by atoms with Crippen LogP contribution in [0.2, 0.25) is 5.15 Å². The number of benzene rings is 1. The zero-order valence-electron chi connectivity index (χ0n) is 13.3. The van der Waals surface area contributed by atoms with Gasteiger partial charge in [-0.05, 0) is 42.2 Å². The summed E-state index contributed by atoms with van der Waals surface area (Å²) < 4.78 is 15.0. The number of halogens is 2. The van der Waals surface area contributed by atoms with Crippen LogP contribution in [0.25, 0.3) is 0 Å². The minimum absolute atomic E-state index is 0.210. The summed E-state index contributed by atoms with van der Waals surface area (Å²) in [5.74, 6) is -0.343. The molecule has 1 atom stereocenters. The molecule has 25 heavy (non-hydrogen) atoms. The van der Waals surface area contributed by atoms with E-state index >= 15 is 0 Å².